The van der Waals surface area contributed by atoms with Crippen LogP contribution in [0.1, 0.15) is 18.4 Å². The summed E-state index contributed by atoms with van der Waals surface area (Å²) in [5, 5.41) is 9.26. The van der Waals surface area contributed by atoms with Crippen LogP contribution in [0.5, 0.6) is 5.75 Å². The Labute approximate surface area is 182 Å². The van der Waals surface area contributed by atoms with Crippen LogP contribution in [0, 0.1) is 5.92 Å². The average molecular weight is 433 g/mol. The Bertz CT molecular complexity index is 764. The molecule has 3 rings (SSSR count). The number of nitrogens with one attached hydrogen (secondary N) is 3. The molecule has 2 aliphatic rings. The van der Waals surface area contributed by atoms with Gasteiger partial charge in [-0.05, 0) is 43.6 Å². The molecule has 0 bridgehead atoms. The van der Waals surface area contributed by atoms with Crippen molar-refractivity contribution in [1.29, 1.82) is 0 Å². The quantitative estimate of drug-likeness (QED) is 0.508. The van der Waals surface area contributed by atoms with Crippen molar-refractivity contribution < 1.29 is 23.9 Å². The maximum atomic E-state index is 13.1. The van der Waals surface area contributed by atoms with E-state index < -0.39 is 18.1 Å². The molecule has 2 fully saturated rings. The van der Waals surface area contributed by atoms with Gasteiger partial charge < -0.3 is 30.3 Å². The Hall–Kier alpha value is -2.65. The van der Waals surface area contributed by atoms with Crippen LogP contribution in [0.15, 0.2) is 24.3 Å². The number of esters is 1. The molecule has 31 heavy (non-hydrogen) atoms. The van der Waals surface area contributed by atoms with Crippen LogP contribution in [0.25, 0.3) is 0 Å². The van der Waals surface area contributed by atoms with Gasteiger partial charge in [0.2, 0.25) is 11.8 Å². The van der Waals surface area contributed by atoms with E-state index in [-0.39, 0.29) is 24.2 Å². The fourth-order valence-electron chi connectivity index (χ4n) is 4.11. The fourth-order valence-corrected chi connectivity index (χ4v) is 4.11. The van der Waals surface area contributed by atoms with Crippen LogP contribution >= 0.6 is 0 Å². The van der Waals surface area contributed by atoms with Gasteiger partial charge in [-0.3, -0.25) is 9.59 Å². The molecule has 1 aromatic carbocycles. The summed E-state index contributed by atoms with van der Waals surface area (Å²) in [6.07, 6.45) is 1.84. The zero-order valence-electron chi connectivity index (χ0n) is 18.2. The van der Waals surface area contributed by atoms with Crippen molar-refractivity contribution in [3.05, 3.63) is 29.8 Å². The lowest BCUT2D eigenvalue weighted by Gasteiger charge is -2.38. The van der Waals surface area contributed by atoms with E-state index in [1.54, 1.807) is 24.1 Å². The molecule has 0 unspecified atom stereocenters. The smallest absolute Gasteiger partial charge is 0.328 e. The van der Waals surface area contributed by atoms with Gasteiger partial charge in [-0.15, -0.1) is 0 Å². The molecule has 2 amide bonds. The number of amides is 2. The minimum absolute atomic E-state index is 0.0212. The Kier molecular flexibility index (Phi) is 8.25. The molecule has 9 heteroatoms. The van der Waals surface area contributed by atoms with Crippen molar-refractivity contribution >= 4 is 17.8 Å². The fraction of sp³-hybridized carbons (Fsp3) is 0.591. The third-order valence-electron chi connectivity index (χ3n) is 5.92. The van der Waals surface area contributed by atoms with Crippen molar-refractivity contribution in [1.82, 2.24) is 20.9 Å². The monoisotopic (exact) mass is 432 g/mol. The molecule has 0 saturated carbocycles. The van der Waals surface area contributed by atoms with Crippen molar-refractivity contribution in [2.24, 2.45) is 5.92 Å². The number of rotatable bonds is 7. The number of hydrogen-bond acceptors (Lipinski definition) is 7. The summed E-state index contributed by atoms with van der Waals surface area (Å²) in [7, 11) is 2.88. The predicted molar refractivity (Wildman–Crippen MR) is 115 cm³/mol. The van der Waals surface area contributed by atoms with Gasteiger partial charge in [0.25, 0.3) is 0 Å². The Morgan fingerprint density at radius 1 is 1.10 bits per heavy atom. The molecule has 0 radical (unpaired) electrons. The average Bonchev–Trinajstić information content (AvgIpc) is 2.83. The van der Waals surface area contributed by atoms with Crippen molar-refractivity contribution in [3.8, 4) is 5.75 Å². The van der Waals surface area contributed by atoms with Crippen LogP contribution < -0.4 is 20.7 Å². The van der Waals surface area contributed by atoms with Crippen LogP contribution in [-0.2, 0) is 25.5 Å². The summed E-state index contributed by atoms with van der Waals surface area (Å²) in [4.78, 5) is 40.2. The largest absolute Gasteiger partial charge is 0.497 e. The number of nitrogens with zero attached hydrogens (tertiary/aromatic N) is 1. The minimum Gasteiger partial charge on any atom is -0.497 e. The molecule has 9 nitrogen and oxygen atoms in total. The molecule has 2 heterocycles. The second-order valence-electron chi connectivity index (χ2n) is 7.91. The number of piperidine rings is 1. The van der Waals surface area contributed by atoms with Gasteiger partial charge in [0.1, 0.15) is 17.8 Å². The van der Waals surface area contributed by atoms with E-state index in [0.717, 1.165) is 31.5 Å². The zero-order chi connectivity index (χ0) is 22.2. The second kappa shape index (κ2) is 11.1. The summed E-state index contributed by atoms with van der Waals surface area (Å²) < 4.78 is 10.1. The summed E-state index contributed by atoms with van der Waals surface area (Å²) in [5.41, 5.74) is 0.862. The number of carbonyl (C=O) groups is 3. The first-order valence-electron chi connectivity index (χ1n) is 10.8. The summed E-state index contributed by atoms with van der Waals surface area (Å²) in [6.45, 7) is 3.10. The highest BCUT2D eigenvalue weighted by atomic mass is 16.5. The number of carbonyl (C=O) groups excluding carboxylic acids is 3. The van der Waals surface area contributed by atoms with Crippen LogP contribution in [0.4, 0.5) is 0 Å². The van der Waals surface area contributed by atoms with E-state index in [9.17, 15) is 14.4 Å². The number of methoxy groups -OCH3 is 2. The molecular formula is C22H32N4O5. The lowest BCUT2D eigenvalue weighted by molar-refractivity contribution is -0.148. The SMILES string of the molecule is COC(=O)[C@H](Cc1ccc(OC)cc1)NC(=O)[C@H]1CNCCN1C(=O)C1CCNCC1. The molecule has 2 aliphatic heterocycles. The van der Waals surface area contributed by atoms with Gasteiger partial charge in [-0.2, -0.15) is 0 Å². The summed E-state index contributed by atoms with van der Waals surface area (Å²) >= 11 is 0. The highest BCUT2D eigenvalue weighted by Crippen LogP contribution is 2.18. The van der Waals surface area contributed by atoms with Crippen LogP contribution in [0.2, 0.25) is 0 Å². The predicted octanol–water partition coefficient (Wildman–Crippen LogP) is -0.304. The van der Waals surface area contributed by atoms with E-state index in [2.05, 4.69) is 16.0 Å². The van der Waals surface area contributed by atoms with E-state index in [0.29, 0.717) is 25.4 Å². The first-order chi connectivity index (χ1) is 15.0. The van der Waals surface area contributed by atoms with Gasteiger partial charge in [-0.25, -0.2) is 4.79 Å². The summed E-state index contributed by atoms with van der Waals surface area (Å²) in [5.74, 6) is -0.205. The lowest BCUT2D eigenvalue weighted by Crippen LogP contribution is -2.62. The molecule has 0 aromatic heterocycles. The highest BCUT2D eigenvalue weighted by molar-refractivity contribution is 5.91. The Balaban J connectivity index is 1.69. The molecule has 170 valence electrons. The minimum atomic E-state index is -0.844. The van der Waals surface area contributed by atoms with Gasteiger partial charge in [-0.1, -0.05) is 12.1 Å². The lowest BCUT2D eigenvalue weighted by atomic mass is 9.95. The Morgan fingerprint density at radius 3 is 2.45 bits per heavy atom. The van der Waals surface area contributed by atoms with Crippen LogP contribution in [0.3, 0.4) is 0 Å². The first-order valence-corrected chi connectivity index (χ1v) is 10.8. The molecule has 0 aliphatic carbocycles. The number of benzene rings is 1. The first kappa shape index (κ1) is 23.0. The standard InChI is InChI=1S/C22H32N4O5/c1-30-17-5-3-15(4-6-17)13-18(22(29)31-2)25-20(27)19-14-24-11-12-26(19)21(28)16-7-9-23-10-8-16/h3-6,16,18-19,23-24H,7-14H2,1-2H3,(H,25,27)/t18-,19+/m0/s1. The van der Waals surface area contributed by atoms with Gasteiger partial charge in [0.15, 0.2) is 0 Å². The van der Waals surface area contributed by atoms with E-state index in [1.807, 2.05) is 12.1 Å². The normalized spacial score (nSPS) is 20.6. The topological polar surface area (TPSA) is 109 Å². The molecule has 2 atom stereocenters. The van der Waals surface area contributed by atoms with E-state index >= 15 is 0 Å². The maximum absolute atomic E-state index is 13.1. The van der Waals surface area contributed by atoms with Crippen molar-refractivity contribution in [3.63, 3.8) is 0 Å². The van der Waals surface area contributed by atoms with Crippen molar-refractivity contribution in [2.75, 3.05) is 46.9 Å². The van der Waals surface area contributed by atoms with E-state index in [1.165, 1.54) is 7.11 Å². The third kappa shape index (κ3) is 5.95. The van der Waals surface area contributed by atoms with E-state index in [4.69, 9.17) is 9.47 Å². The molecule has 3 N–H and O–H groups in total. The second-order valence-corrected chi connectivity index (χ2v) is 7.91. The van der Waals surface area contributed by atoms with Gasteiger partial charge >= 0.3 is 5.97 Å². The maximum Gasteiger partial charge on any atom is 0.328 e. The van der Waals surface area contributed by atoms with Crippen molar-refractivity contribution in [2.45, 2.75) is 31.3 Å². The number of hydrogen-bond donors (Lipinski definition) is 3. The van der Waals surface area contributed by atoms with Gasteiger partial charge in [0, 0.05) is 32.0 Å². The van der Waals surface area contributed by atoms with Crippen LogP contribution in [-0.4, -0.2) is 81.7 Å². The van der Waals surface area contributed by atoms with Gasteiger partial charge in [0.05, 0.1) is 14.2 Å². The zero-order valence-corrected chi connectivity index (χ0v) is 18.2. The Morgan fingerprint density at radius 2 is 1.81 bits per heavy atom. The molecule has 2 saturated heterocycles. The molecular weight excluding hydrogens is 400 g/mol. The summed E-state index contributed by atoms with van der Waals surface area (Å²) in [6, 6.07) is 5.79. The highest BCUT2D eigenvalue weighted by Gasteiger charge is 2.37. The molecule has 0 spiro atoms. The number of piperazine rings is 1. The number of ether oxygens (including phenoxy) is 2. The molecule has 1 aromatic rings. The third-order valence-corrected chi connectivity index (χ3v) is 5.92.